The molecule has 10 aromatic rings. The van der Waals surface area contributed by atoms with E-state index < -0.39 is 6.04 Å². The van der Waals surface area contributed by atoms with E-state index in [1.165, 1.54) is 11.1 Å². The molecule has 234 valence electrons. The Morgan fingerprint density at radius 3 is 1.32 bits per heavy atom. The van der Waals surface area contributed by atoms with Crippen molar-refractivity contribution >= 4 is 43.6 Å². The van der Waals surface area contributed by atoms with E-state index in [0.717, 1.165) is 66.1 Å². The van der Waals surface area contributed by atoms with Crippen LogP contribution in [-0.4, -0.2) is 9.13 Å². The third-order valence-corrected chi connectivity index (χ3v) is 9.79. The fourth-order valence-electron chi connectivity index (χ4n) is 7.58. The van der Waals surface area contributed by atoms with Crippen LogP contribution < -0.4 is 0 Å². The quantitative estimate of drug-likeness (QED) is 0.177. The van der Waals surface area contributed by atoms with Crippen molar-refractivity contribution in [2.45, 2.75) is 0 Å². The van der Waals surface area contributed by atoms with Crippen LogP contribution in [0.15, 0.2) is 194 Å². The van der Waals surface area contributed by atoms with Crippen molar-refractivity contribution in [3.8, 4) is 44.8 Å². The molecule has 0 aliphatic carbocycles. The average molecular weight is 642 g/mol. The van der Waals surface area contributed by atoms with Gasteiger partial charge in [-0.2, -0.15) is 0 Å². The molecule has 0 atom stereocenters. The second-order valence-corrected chi connectivity index (χ2v) is 12.6. The summed E-state index contributed by atoms with van der Waals surface area (Å²) < 4.78 is 46.5. The minimum absolute atomic E-state index is 0.188. The van der Waals surface area contributed by atoms with E-state index in [0.29, 0.717) is 5.56 Å². The van der Waals surface area contributed by atoms with Crippen molar-refractivity contribution in [3.63, 3.8) is 0 Å². The van der Waals surface area contributed by atoms with Crippen molar-refractivity contribution in [1.82, 2.24) is 9.13 Å². The Kier molecular flexibility index (Phi) is 5.44. The molecule has 0 fully saturated rings. The van der Waals surface area contributed by atoms with Gasteiger partial charge in [0.25, 0.3) is 0 Å². The SMILES string of the molecule is [2H]c1c([2H])c([2H])c(-c2cccc(-n3c4ccccc4c4c5c6ccccc6n(-c6cccc(-c7ccc(-c8ccccc8)cc7)c6)c5ccc43)c2)c([2H])c1[2H]. The number of nitrogens with zero attached hydrogens (tertiary/aromatic N) is 2. The number of hydrogen-bond acceptors (Lipinski definition) is 0. The van der Waals surface area contributed by atoms with Gasteiger partial charge < -0.3 is 9.13 Å². The number of rotatable bonds is 5. The molecule has 0 saturated carbocycles. The van der Waals surface area contributed by atoms with Gasteiger partial charge in [0, 0.05) is 32.9 Å². The van der Waals surface area contributed by atoms with Crippen molar-refractivity contribution in [2.75, 3.05) is 0 Å². The summed E-state index contributed by atoms with van der Waals surface area (Å²) >= 11 is 0. The number of para-hydroxylation sites is 2. The summed E-state index contributed by atoms with van der Waals surface area (Å²) in [5.74, 6) is 0. The summed E-state index contributed by atoms with van der Waals surface area (Å²) in [6.07, 6.45) is 0. The number of hydrogen-bond donors (Lipinski definition) is 0. The molecule has 0 spiro atoms. The zero-order chi connectivity index (χ0) is 37.4. The van der Waals surface area contributed by atoms with E-state index in [-0.39, 0.29) is 29.7 Å². The standard InChI is InChI=1S/C48H32N2/c1-3-13-33(14-4-1)35-25-27-36(28-26-35)38-18-12-20-40(32-38)50-44-24-10-8-22-42(44)48-46(50)30-29-45-47(48)41-21-7-9-23-43(41)49(45)39-19-11-17-37(31-39)34-15-5-2-6-16-34/h1-32H/i2D,5D,6D,15D,16D. The minimum Gasteiger partial charge on any atom is -0.309 e. The van der Waals surface area contributed by atoms with Crippen molar-refractivity contribution in [1.29, 1.82) is 0 Å². The third-order valence-electron chi connectivity index (χ3n) is 9.79. The maximum atomic E-state index is 8.64. The molecule has 0 aliphatic heterocycles. The van der Waals surface area contributed by atoms with Crippen LogP contribution in [0.4, 0.5) is 0 Å². The van der Waals surface area contributed by atoms with Crippen LogP contribution in [-0.2, 0) is 0 Å². The molecule has 2 heterocycles. The van der Waals surface area contributed by atoms with Gasteiger partial charge in [-0.05, 0) is 81.9 Å². The van der Waals surface area contributed by atoms with Gasteiger partial charge in [0.15, 0.2) is 0 Å². The Labute approximate surface area is 297 Å². The zero-order valence-corrected chi connectivity index (χ0v) is 27.0. The second kappa shape index (κ2) is 11.5. The molecule has 8 aromatic carbocycles. The van der Waals surface area contributed by atoms with Crippen molar-refractivity contribution < 1.29 is 6.85 Å². The summed E-state index contributed by atoms with van der Waals surface area (Å²) in [5.41, 5.74) is 11.6. The molecule has 0 saturated heterocycles. The highest BCUT2D eigenvalue weighted by Crippen LogP contribution is 2.43. The first-order chi connectivity index (χ1) is 26.9. The van der Waals surface area contributed by atoms with E-state index in [1.807, 2.05) is 36.4 Å². The Hall–Kier alpha value is -6.64. The molecule has 0 radical (unpaired) electrons. The monoisotopic (exact) mass is 641 g/mol. The van der Waals surface area contributed by atoms with Crippen LogP contribution >= 0.6 is 0 Å². The van der Waals surface area contributed by atoms with E-state index in [9.17, 15) is 0 Å². The predicted molar refractivity (Wildman–Crippen MR) is 211 cm³/mol. The molecule has 0 amide bonds. The molecule has 2 nitrogen and oxygen atoms in total. The lowest BCUT2D eigenvalue weighted by Gasteiger charge is -2.12. The number of fused-ring (bicyclic) bond motifs is 7. The Morgan fingerprint density at radius 1 is 0.320 bits per heavy atom. The lowest BCUT2D eigenvalue weighted by Crippen LogP contribution is -1.95. The molecule has 0 aliphatic rings. The Balaban J connectivity index is 1.17. The van der Waals surface area contributed by atoms with Crippen LogP contribution in [0, 0.1) is 0 Å². The molecule has 0 N–H and O–H groups in total. The van der Waals surface area contributed by atoms with Gasteiger partial charge in [0.05, 0.1) is 28.9 Å². The van der Waals surface area contributed by atoms with E-state index >= 15 is 0 Å². The third kappa shape index (κ3) is 4.50. The van der Waals surface area contributed by atoms with Gasteiger partial charge in [-0.25, -0.2) is 0 Å². The average Bonchev–Trinajstić information content (AvgIpc) is 3.76. The molecule has 2 aromatic heterocycles. The van der Waals surface area contributed by atoms with Gasteiger partial charge in [-0.15, -0.1) is 0 Å². The molecule has 0 bridgehead atoms. The summed E-state index contributed by atoms with van der Waals surface area (Å²) in [6, 6.07) is 55.4. The first-order valence-electron chi connectivity index (χ1n) is 19.3. The van der Waals surface area contributed by atoms with Crippen LogP contribution in [0.2, 0.25) is 0 Å². The molecular formula is C48H32N2. The van der Waals surface area contributed by atoms with Gasteiger partial charge in [-0.1, -0.05) is 145 Å². The van der Waals surface area contributed by atoms with E-state index in [4.69, 9.17) is 6.85 Å². The van der Waals surface area contributed by atoms with E-state index in [1.54, 1.807) is 0 Å². The molecule has 10 rings (SSSR count). The first-order valence-corrected chi connectivity index (χ1v) is 16.8. The van der Waals surface area contributed by atoms with Crippen LogP contribution in [0.3, 0.4) is 0 Å². The van der Waals surface area contributed by atoms with Gasteiger partial charge >= 0.3 is 0 Å². The highest BCUT2D eigenvalue weighted by atomic mass is 15.0. The van der Waals surface area contributed by atoms with Gasteiger partial charge in [0.2, 0.25) is 0 Å². The smallest absolute Gasteiger partial charge is 0.0629 e. The second-order valence-electron chi connectivity index (χ2n) is 12.6. The maximum absolute atomic E-state index is 8.64. The van der Waals surface area contributed by atoms with E-state index in [2.05, 4.69) is 137 Å². The van der Waals surface area contributed by atoms with Crippen LogP contribution in [0.5, 0.6) is 0 Å². The highest BCUT2D eigenvalue weighted by molar-refractivity contribution is 6.28. The van der Waals surface area contributed by atoms with Crippen LogP contribution in [0.25, 0.3) is 88.4 Å². The Bertz CT molecular complexity index is 3110. The lowest BCUT2D eigenvalue weighted by atomic mass is 10.00. The number of aromatic nitrogens is 2. The van der Waals surface area contributed by atoms with Crippen molar-refractivity contribution in [3.05, 3.63) is 194 Å². The number of benzene rings is 8. The van der Waals surface area contributed by atoms with Gasteiger partial charge in [-0.3, -0.25) is 0 Å². The zero-order valence-electron chi connectivity index (χ0n) is 32.0. The summed E-state index contributed by atoms with van der Waals surface area (Å²) in [4.78, 5) is 0. The lowest BCUT2D eigenvalue weighted by molar-refractivity contribution is 1.17. The molecule has 2 heteroatoms. The summed E-state index contributed by atoms with van der Waals surface area (Å²) in [5, 5.41) is 4.54. The normalized spacial score (nSPS) is 13.0. The minimum atomic E-state index is -0.398. The fourth-order valence-corrected chi connectivity index (χ4v) is 7.58. The molecule has 50 heavy (non-hydrogen) atoms. The van der Waals surface area contributed by atoms with Gasteiger partial charge in [0.1, 0.15) is 0 Å². The topological polar surface area (TPSA) is 9.86 Å². The fraction of sp³-hybridized carbons (Fsp3) is 0. The predicted octanol–water partition coefficient (Wildman–Crippen LogP) is 12.9. The Morgan fingerprint density at radius 2 is 0.760 bits per heavy atom. The first kappa shape index (κ1) is 23.6. The molecular weight excluding hydrogens is 605 g/mol. The summed E-state index contributed by atoms with van der Waals surface area (Å²) in [6.45, 7) is 0. The molecule has 0 unspecified atom stereocenters. The largest absolute Gasteiger partial charge is 0.309 e. The van der Waals surface area contributed by atoms with Crippen molar-refractivity contribution in [2.24, 2.45) is 0 Å². The highest BCUT2D eigenvalue weighted by Gasteiger charge is 2.20. The van der Waals surface area contributed by atoms with Crippen LogP contribution in [0.1, 0.15) is 6.85 Å². The summed E-state index contributed by atoms with van der Waals surface area (Å²) in [7, 11) is 0. The maximum Gasteiger partial charge on any atom is 0.0629 e.